The lowest BCUT2D eigenvalue weighted by Crippen LogP contribution is -1.92. The van der Waals surface area contributed by atoms with Gasteiger partial charge in [-0.3, -0.25) is 0 Å². The highest BCUT2D eigenvalue weighted by Gasteiger charge is 2.04. The monoisotopic (exact) mass is 92.1 g/mol. The van der Waals surface area contributed by atoms with Gasteiger partial charge in [0.1, 0.15) is 0 Å². The second-order valence-corrected chi connectivity index (χ2v) is 1.67. The lowest BCUT2D eigenvalue weighted by molar-refractivity contribution is 1.15. The summed E-state index contributed by atoms with van der Waals surface area (Å²) in [4.78, 5) is 0. The SMILES string of the molecule is C=CC1=CCC1=C. The van der Waals surface area contributed by atoms with E-state index in [4.69, 9.17) is 0 Å². The van der Waals surface area contributed by atoms with Crippen molar-refractivity contribution in [1.29, 1.82) is 0 Å². The molecule has 1 rings (SSSR count). The molecule has 0 aromatic rings. The first-order valence-corrected chi connectivity index (χ1v) is 2.35. The molecule has 0 amide bonds. The molecule has 0 heterocycles. The van der Waals surface area contributed by atoms with Gasteiger partial charge in [0.25, 0.3) is 0 Å². The largest absolute Gasteiger partial charge is 0.0985 e. The van der Waals surface area contributed by atoms with Crippen molar-refractivity contribution in [2.24, 2.45) is 0 Å². The predicted octanol–water partition coefficient (Wildman–Crippen LogP) is 2.06. The van der Waals surface area contributed by atoms with Crippen LogP contribution in [0.25, 0.3) is 0 Å². The zero-order valence-electron chi connectivity index (χ0n) is 4.28. The fourth-order valence-electron chi connectivity index (χ4n) is 0.592. The van der Waals surface area contributed by atoms with Gasteiger partial charge in [0, 0.05) is 0 Å². The van der Waals surface area contributed by atoms with Gasteiger partial charge in [0.15, 0.2) is 0 Å². The highest BCUT2D eigenvalue weighted by Crippen LogP contribution is 2.23. The Balaban J connectivity index is 2.74. The first-order chi connectivity index (χ1) is 3.34. The standard InChI is InChI=1S/C7H8/c1-3-7-5-4-6(7)2/h3,5H,1-2,4H2. The molecule has 0 heteroatoms. The molecular formula is C7H8. The first kappa shape index (κ1) is 4.38. The van der Waals surface area contributed by atoms with E-state index in [0.717, 1.165) is 6.42 Å². The molecule has 0 saturated heterocycles. The van der Waals surface area contributed by atoms with E-state index >= 15 is 0 Å². The van der Waals surface area contributed by atoms with Crippen LogP contribution in [0.2, 0.25) is 0 Å². The van der Waals surface area contributed by atoms with Crippen LogP contribution in [-0.2, 0) is 0 Å². The zero-order valence-corrected chi connectivity index (χ0v) is 4.28. The number of hydrogen-bond acceptors (Lipinski definition) is 0. The summed E-state index contributed by atoms with van der Waals surface area (Å²) in [6, 6.07) is 0. The quantitative estimate of drug-likeness (QED) is 0.464. The van der Waals surface area contributed by atoms with Gasteiger partial charge in [-0.1, -0.05) is 25.3 Å². The topological polar surface area (TPSA) is 0 Å². The van der Waals surface area contributed by atoms with Gasteiger partial charge >= 0.3 is 0 Å². The summed E-state index contributed by atoms with van der Waals surface area (Å²) in [7, 11) is 0. The van der Waals surface area contributed by atoms with E-state index in [1.165, 1.54) is 11.1 Å². The summed E-state index contributed by atoms with van der Waals surface area (Å²) in [6.45, 7) is 7.38. The van der Waals surface area contributed by atoms with E-state index in [2.05, 4.69) is 19.2 Å². The van der Waals surface area contributed by atoms with E-state index in [1.54, 1.807) is 0 Å². The second kappa shape index (κ2) is 1.38. The van der Waals surface area contributed by atoms with Crippen molar-refractivity contribution in [2.75, 3.05) is 0 Å². The Morgan fingerprint density at radius 1 is 1.71 bits per heavy atom. The summed E-state index contributed by atoms with van der Waals surface area (Å²) in [5.74, 6) is 0. The minimum absolute atomic E-state index is 1.06. The molecule has 1 aliphatic rings. The molecule has 0 bridgehead atoms. The van der Waals surface area contributed by atoms with E-state index in [-0.39, 0.29) is 0 Å². The van der Waals surface area contributed by atoms with Gasteiger partial charge in [0.2, 0.25) is 0 Å². The number of allylic oxidation sites excluding steroid dienone is 4. The van der Waals surface area contributed by atoms with Crippen molar-refractivity contribution in [2.45, 2.75) is 6.42 Å². The van der Waals surface area contributed by atoms with Gasteiger partial charge in [-0.25, -0.2) is 0 Å². The zero-order chi connectivity index (χ0) is 5.28. The Hall–Kier alpha value is -0.780. The lowest BCUT2D eigenvalue weighted by atomic mass is 9.94. The Labute approximate surface area is 43.9 Å². The summed E-state index contributed by atoms with van der Waals surface area (Å²) in [5.41, 5.74) is 2.44. The molecule has 0 radical (unpaired) electrons. The summed E-state index contributed by atoms with van der Waals surface area (Å²) >= 11 is 0. The normalized spacial score (nSPS) is 17.7. The van der Waals surface area contributed by atoms with Crippen molar-refractivity contribution >= 4 is 0 Å². The van der Waals surface area contributed by atoms with Crippen molar-refractivity contribution in [3.05, 3.63) is 36.5 Å². The molecule has 0 N–H and O–H groups in total. The minimum atomic E-state index is 1.06. The molecule has 36 valence electrons. The molecule has 1 aliphatic carbocycles. The van der Waals surface area contributed by atoms with Gasteiger partial charge in [-0.15, -0.1) is 0 Å². The Bertz CT molecular complexity index is 138. The average Bonchev–Trinajstić information content (AvgIpc) is 1.65. The fourth-order valence-corrected chi connectivity index (χ4v) is 0.592. The predicted molar refractivity (Wildman–Crippen MR) is 32.0 cm³/mol. The minimum Gasteiger partial charge on any atom is -0.0985 e. The molecule has 0 saturated carbocycles. The summed E-state index contributed by atoms with van der Waals surface area (Å²) in [5, 5.41) is 0. The lowest BCUT2D eigenvalue weighted by Gasteiger charge is -2.12. The Morgan fingerprint density at radius 2 is 2.43 bits per heavy atom. The molecule has 0 aromatic carbocycles. The van der Waals surface area contributed by atoms with Crippen LogP contribution in [0.3, 0.4) is 0 Å². The third kappa shape index (κ3) is 0.518. The maximum absolute atomic E-state index is 3.77. The van der Waals surface area contributed by atoms with Gasteiger partial charge in [-0.2, -0.15) is 0 Å². The summed E-state index contributed by atoms with van der Waals surface area (Å²) < 4.78 is 0. The summed E-state index contributed by atoms with van der Waals surface area (Å²) in [6.07, 6.45) is 5.02. The molecule has 0 atom stereocenters. The highest BCUT2D eigenvalue weighted by atomic mass is 14.1. The molecule has 0 aliphatic heterocycles. The Morgan fingerprint density at radius 3 is 2.43 bits per heavy atom. The molecule has 0 unspecified atom stereocenters. The molecule has 0 nitrogen and oxygen atoms in total. The maximum atomic E-state index is 3.77. The van der Waals surface area contributed by atoms with Crippen LogP contribution >= 0.6 is 0 Å². The van der Waals surface area contributed by atoms with Crippen molar-refractivity contribution in [1.82, 2.24) is 0 Å². The Kier molecular flexibility index (Phi) is 0.861. The van der Waals surface area contributed by atoms with Crippen molar-refractivity contribution < 1.29 is 0 Å². The number of rotatable bonds is 1. The van der Waals surface area contributed by atoms with Crippen LogP contribution < -0.4 is 0 Å². The van der Waals surface area contributed by atoms with Gasteiger partial charge in [-0.05, 0) is 17.6 Å². The van der Waals surface area contributed by atoms with Gasteiger partial charge in [0.05, 0.1) is 0 Å². The van der Waals surface area contributed by atoms with Crippen molar-refractivity contribution in [3.63, 3.8) is 0 Å². The maximum Gasteiger partial charge on any atom is -0.00884 e. The van der Waals surface area contributed by atoms with Crippen LogP contribution in [0.5, 0.6) is 0 Å². The van der Waals surface area contributed by atoms with E-state index in [1.807, 2.05) is 6.08 Å². The molecule has 0 spiro atoms. The van der Waals surface area contributed by atoms with Crippen LogP contribution in [0, 0.1) is 0 Å². The van der Waals surface area contributed by atoms with Crippen LogP contribution in [0.15, 0.2) is 36.5 Å². The fraction of sp³-hybridized carbons (Fsp3) is 0.143. The van der Waals surface area contributed by atoms with E-state index in [9.17, 15) is 0 Å². The third-order valence-corrected chi connectivity index (χ3v) is 1.20. The highest BCUT2D eigenvalue weighted by molar-refractivity contribution is 5.46. The molecular weight excluding hydrogens is 84.1 g/mol. The molecule has 0 aromatic heterocycles. The average molecular weight is 92.1 g/mol. The van der Waals surface area contributed by atoms with Crippen LogP contribution in [0.4, 0.5) is 0 Å². The third-order valence-electron chi connectivity index (χ3n) is 1.20. The smallest absolute Gasteiger partial charge is 0.00884 e. The second-order valence-electron chi connectivity index (χ2n) is 1.67. The first-order valence-electron chi connectivity index (χ1n) is 2.35. The van der Waals surface area contributed by atoms with Crippen molar-refractivity contribution in [3.8, 4) is 0 Å². The van der Waals surface area contributed by atoms with E-state index < -0.39 is 0 Å². The van der Waals surface area contributed by atoms with Gasteiger partial charge < -0.3 is 0 Å². The van der Waals surface area contributed by atoms with E-state index in [0.29, 0.717) is 0 Å². The molecule has 7 heavy (non-hydrogen) atoms. The molecule has 0 fully saturated rings. The van der Waals surface area contributed by atoms with Crippen LogP contribution in [-0.4, -0.2) is 0 Å². The number of hydrogen-bond donors (Lipinski definition) is 0. The van der Waals surface area contributed by atoms with Crippen LogP contribution in [0.1, 0.15) is 6.42 Å².